The van der Waals surface area contributed by atoms with E-state index < -0.39 is 0 Å². The number of aryl methyl sites for hydroxylation is 2. The van der Waals surface area contributed by atoms with Gasteiger partial charge in [-0.3, -0.25) is 0 Å². The van der Waals surface area contributed by atoms with E-state index >= 15 is 0 Å². The van der Waals surface area contributed by atoms with E-state index in [0.29, 0.717) is 36.9 Å². The highest BCUT2D eigenvalue weighted by Crippen LogP contribution is 2.27. The second-order valence-electron chi connectivity index (χ2n) is 5.82. The van der Waals surface area contributed by atoms with Gasteiger partial charge in [-0.15, -0.1) is 0 Å². The van der Waals surface area contributed by atoms with Crippen LogP contribution in [0.5, 0.6) is 0 Å². The zero-order valence-electron chi connectivity index (χ0n) is 14.0. The van der Waals surface area contributed by atoms with Gasteiger partial charge in [0, 0.05) is 24.4 Å². The smallest absolute Gasteiger partial charge is 0.232 e. The lowest BCUT2D eigenvalue weighted by molar-refractivity contribution is 0.289. The molecule has 6 nitrogen and oxygen atoms in total. The molecule has 3 rings (SSSR count). The van der Waals surface area contributed by atoms with Gasteiger partial charge in [0.2, 0.25) is 5.71 Å². The first-order chi connectivity index (χ1) is 11.6. The average Bonchev–Trinajstić information content (AvgIpc) is 2.87. The SMILES string of the molecule is Cc1oc2nc(CN(CCCO)c3ccccc3)nc(N)c2c1C. The van der Waals surface area contributed by atoms with Crippen LogP contribution in [0.4, 0.5) is 11.5 Å². The highest BCUT2D eigenvalue weighted by molar-refractivity contribution is 5.88. The van der Waals surface area contributed by atoms with Crippen LogP contribution in [-0.2, 0) is 6.54 Å². The van der Waals surface area contributed by atoms with Gasteiger partial charge in [0.15, 0.2) is 5.82 Å². The van der Waals surface area contributed by atoms with Crippen molar-refractivity contribution in [3.05, 3.63) is 47.5 Å². The van der Waals surface area contributed by atoms with Gasteiger partial charge in [-0.25, -0.2) is 4.98 Å². The van der Waals surface area contributed by atoms with Gasteiger partial charge in [-0.05, 0) is 32.4 Å². The second-order valence-corrected chi connectivity index (χ2v) is 5.82. The summed E-state index contributed by atoms with van der Waals surface area (Å²) in [5.74, 6) is 1.86. The van der Waals surface area contributed by atoms with Gasteiger partial charge in [-0.1, -0.05) is 18.2 Å². The van der Waals surface area contributed by atoms with Crippen LogP contribution in [0.3, 0.4) is 0 Å². The molecule has 0 amide bonds. The van der Waals surface area contributed by atoms with Crippen LogP contribution >= 0.6 is 0 Å². The molecule has 0 aliphatic rings. The van der Waals surface area contributed by atoms with Gasteiger partial charge >= 0.3 is 0 Å². The van der Waals surface area contributed by atoms with Crippen molar-refractivity contribution >= 4 is 22.6 Å². The predicted molar refractivity (Wildman–Crippen MR) is 94.9 cm³/mol. The van der Waals surface area contributed by atoms with Gasteiger partial charge in [0.05, 0.1) is 11.9 Å². The van der Waals surface area contributed by atoms with Crippen LogP contribution < -0.4 is 10.6 Å². The Morgan fingerprint density at radius 2 is 1.92 bits per heavy atom. The van der Waals surface area contributed by atoms with Crippen LogP contribution in [0.1, 0.15) is 23.6 Å². The number of aromatic nitrogens is 2. The summed E-state index contributed by atoms with van der Waals surface area (Å²) < 4.78 is 5.70. The second kappa shape index (κ2) is 6.88. The lowest BCUT2D eigenvalue weighted by atomic mass is 10.2. The fourth-order valence-corrected chi connectivity index (χ4v) is 2.77. The number of nitrogens with two attached hydrogens (primary N) is 1. The summed E-state index contributed by atoms with van der Waals surface area (Å²) in [6, 6.07) is 10.0. The number of nitrogen functional groups attached to an aromatic ring is 1. The van der Waals surface area contributed by atoms with Gasteiger partial charge in [-0.2, -0.15) is 4.98 Å². The number of hydrogen-bond acceptors (Lipinski definition) is 6. The molecule has 0 saturated heterocycles. The summed E-state index contributed by atoms with van der Waals surface area (Å²) >= 11 is 0. The number of para-hydroxylation sites is 1. The molecular formula is C18H22N4O2. The first-order valence-corrected chi connectivity index (χ1v) is 8.03. The molecule has 0 aliphatic heterocycles. The van der Waals surface area contributed by atoms with Crippen molar-refractivity contribution in [2.75, 3.05) is 23.8 Å². The molecule has 0 fully saturated rings. The Morgan fingerprint density at radius 3 is 2.62 bits per heavy atom. The fourth-order valence-electron chi connectivity index (χ4n) is 2.77. The van der Waals surface area contributed by atoms with Crippen molar-refractivity contribution in [2.24, 2.45) is 0 Å². The molecule has 0 unspecified atom stereocenters. The lowest BCUT2D eigenvalue weighted by Gasteiger charge is -2.23. The summed E-state index contributed by atoms with van der Waals surface area (Å²) in [5.41, 5.74) is 8.68. The third-order valence-corrected chi connectivity index (χ3v) is 4.14. The Morgan fingerprint density at radius 1 is 1.17 bits per heavy atom. The molecule has 126 valence electrons. The van der Waals surface area contributed by atoms with E-state index in [1.165, 1.54) is 0 Å². The molecule has 2 heterocycles. The van der Waals surface area contributed by atoms with E-state index in [2.05, 4.69) is 14.9 Å². The molecule has 0 saturated carbocycles. The number of nitrogens with zero attached hydrogens (tertiary/aromatic N) is 3. The van der Waals surface area contributed by atoms with Crippen LogP contribution in [0, 0.1) is 13.8 Å². The minimum Gasteiger partial charge on any atom is -0.443 e. The maximum Gasteiger partial charge on any atom is 0.232 e. The van der Waals surface area contributed by atoms with Crippen molar-refractivity contribution in [3.8, 4) is 0 Å². The molecule has 0 aliphatic carbocycles. The fraction of sp³-hybridized carbons (Fsp3) is 0.333. The zero-order valence-corrected chi connectivity index (χ0v) is 14.0. The van der Waals surface area contributed by atoms with Crippen LogP contribution in [0.25, 0.3) is 11.1 Å². The molecule has 0 bridgehead atoms. The maximum atomic E-state index is 9.15. The first-order valence-electron chi connectivity index (χ1n) is 8.03. The normalized spacial score (nSPS) is 11.1. The number of aliphatic hydroxyl groups excluding tert-OH is 1. The quantitative estimate of drug-likeness (QED) is 0.724. The van der Waals surface area contributed by atoms with Crippen molar-refractivity contribution in [3.63, 3.8) is 0 Å². The maximum absolute atomic E-state index is 9.15. The molecule has 24 heavy (non-hydrogen) atoms. The Labute approximate surface area is 140 Å². The highest BCUT2D eigenvalue weighted by Gasteiger charge is 2.16. The van der Waals surface area contributed by atoms with Gasteiger partial charge < -0.3 is 20.2 Å². The van der Waals surface area contributed by atoms with E-state index in [0.717, 1.165) is 22.4 Å². The molecule has 1 aromatic carbocycles. The molecule has 6 heteroatoms. The molecule has 2 aromatic heterocycles. The first kappa shape index (κ1) is 16.3. The average molecular weight is 326 g/mol. The van der Waals surface area contributed by atoms with Crippen molar-refractivity contribution in [1.29, 1.82) is 0 Å². The highest BCUT2D eigenvalue weighted by atomic mass is 16.3. The van der Waals surface area contributed by atoms with E-state index in [1.54, 1.807) is 0 Å². The third kappa shape index (κ3) is 3.19. The van der Waals surface area contributed by atoms with E-state index in [-0.39, 0.29) is 6.61 Å². The Balaban J connectivity index is 1.93. The van der Waals surface area contributed by atoms with Crippen molar-refractivity contribution < 1.29 is 9.52 Å². The van der Waals surface area contributed by atoms with E-state index in [4.69, 9.17) is 15.3 Å². The number of aliphatic hydroxyl groups is 1. The molecule has 0 atom stereocenters. The standard InChI is InChI=1S/C18H22N4O2/c1-12-13(2)24-18-16(12)17(19)20-15(21-18)11-22(9-6-10-23)14-7-4-3-5-8-14/h3-5,7-8,23H,6,9-11H2,1-2H3,(H2,19,20,21). The van der Waals surface area contributed by atoms with E-state index in [9.17, 15) is 0 Å². The summed E-state index contributed by atoms with van der Waals surface area (Å²) in [6.45, 7) is 5.20. The molecule has 0 radical (unpaired) electrons. The number of hydrogen-bond donors (Lipinski definition) is 2. The van der Waals surface area contributed by atoms with Crippen LogP contribution in [-0.4, -0.2) is 28.2 Å². The molecule has 0 spiro atoms. The van der Waals surface area contributed by atoms with Crippen LogP contribution in [0.2, 0.25) is 0 Å². The Hall–Kier alpha value is -2.60. The lowest BCUT2D eigenvalue weighted by Crippen LogP contribution is -2.25. The Bertz CT molecular complexity index is 830. The molecule has 3 aromatic rings. The number of rotatable bonds is 6. The van der Waals surface area contributed by atoms with Crippen molar-refractivity contribution in [2.45, 2.75) is 26.8 Å². The summed E-state index contributed by atoms with van der Waals surface area (Å²) in [4.78, 5) is 11.1. The molecule has 3 N–H and O–H groups in total. The minimum atomic E-state index is 0.141. The number of fused-ring (bicyclic) bond motifs is 1. The monoisotopic (exact) mass is 326 g/mol. The topological polar surface area (TPSA) is 88.4 Å². The predicted octanol–water partition coefficient (Wildman–Crippen LogP) is 2.81. The molecular weight excluding hydrogens is 304 g/mol. The summed E-state index contributed by atoms with van der Waals surface area (Å²) in [5, 5.41) is 9.94. The summed E-state index contributed by atoms with van der Waals surface area (Å²) in [6.07, 6.45) is 0.672. The van der Waals surface area contributed by atoms with Gasteiger partial charge in [0.1, 0.15) is 11.6 Å². The zero-order chi connectivity index (χ0) is 17.1. The van der Waals surface area contributed by atoms with Crippen LogP contribution in [0.15, 0.2) is 34.7 Å². The Kier molecular flexibility index (Phi) is 4.66. The summed E-state index contributed by atoms with van der Waals surface area (Å²) in [7, 11) is 0. The number of anilines is 2. The van der Waals surface area contributed by atoms with Gasteiger partial charge in [0.25, 0.3) is 0 Å². The minimum absolute atomic E-state index is 0.141. The van der Waals surface area contributed by atoms with E-state index in [1.807, 2.05) is 44.2 Å². The largest absolute Gasteiger partial charge is 0.443 e. The van der Waals surface area contributed by atoms with Crippen molar-refractivity contribution in [1.82, 2.24) is 9.97 Å². The third-order valence-electron chi connectivity index (χ3n) is 4.14. The number of furan rings is 1. The number of benzene rings is 1.